The molecule has 0 bridgehead atoms. The van der Waals surface area contributed by atoms with Crippen LogP contribution in [0.3, 0.4) is 0 Å². The summed E-state index contributed by atoms with van der Waals surface area (Å²) in [6.45, 7) is 6.27. The van der Waals surface area contributed by atoms with Gasteiger partial charge in [0, 0.05) is 17.5 Å². The number of hydrogen-bond acceptors (Lipinski definition) is 2. The zero-order valence-corrected chi connectivity index (χ0v) is 11.9. The number of hydrogen-bond donors (Lipinski definition) is 2. The second-order valence-corrected chi connectivity index (χ2v) is 6.05. The molecule has 1 fully saturated rings. The van der Waals surface area contributed by atoms with Crippen LogP contribution in [0.5, 0.6) is 0 Å². The molecule has 1 saturated carbocycles. The molecule has 17 heavy (non-hydrogen) atoms. The van der Waals surface area contributed by atoms with Crippen LogP contribution in [0, 0.1) is 0 Å². The van der Waals surface area contributed by atoms with Crippen LogP contribution < -0.4 is 10.6 Å². The van der Waals surface area contributed by atoms with Crippen molar-refractivity contribution in [2.45, 2.75) is 76.8 Å². The monoisotopic (exact) mass is 240 g/mol. The minimum absolute atomic E-state index is 0.0478. The van der Waals surface area contributed by atoms with E-state index in [0.29, 0.717) is 6.42 Å². The van der Waals surface area contributed by atoms with Crippen molar-refractivity contribution in [1.29, 1.82) is 0 Å². The van der Waals surface area contributed by atoms with Gasteiger partial charge in [0.25, 0.3) is 0 Å². The van der Waals surface area contributed by atoms with Gasteiger partial charge in [0.15, 0.2) is 0 Å². The Morgan fingerprint density at radius 1 is 1.24 bits per heavy atom. The van der Waals surface area contributed by atoms with Gasteiger partial charge in [0.1, 0.15) is 0 Å². The third-order valence-corrected chi connectivity index (χ3v) is 4.20. The summed E-state index contributed by atoms with van der Waals surface area (Å²) in [7, 11) is 1.99. The Labute approximate surface area is 106 Å². The minimum atomic E-state index is -0.0827. The summed E-state index contributed by atoms with van der Waals surface area (Å²) in [5, 5.41) is 6.52. The van der Waals surface area contributed by atoms with Gasteiger partial charge in [-0.2, -0.15) is 0 Å². The van der Waals surface area contributed by atoms with Gasteiger partial charge in [-0.05, 0) is 40.2 Å². The average Bonchev–Trinajstić information content (AvgIpc) is 2.29. The zero-order chi connectivity index (χ0) is 12.9. The molecule has 0 heterocycles. The Morgan fingerprint density at radius 2 is 1.82 bits per heavy atom. The predicted molar refractivity (Wildman–Crippen MR) is 72.0 cm³/mol. The molecule has 0 radical (unpaired) electrons. The lowest BCUT2D eigenvalue weighted by molar-refractivity contribution is -0.124. The fraction of sp³-hybridized carbons (Fsp3) is 0.929. The van der Waals surface area contributed by atoms with Crippen LogP contribution in [-0.4, -0.2) is 24.0 Å². The fourth-order valence-corrected chi connectivity index (χ4v) is 2.56. The lowest BCUT2D eigenvalue weighted by atomic mass is 9.79. The molecule has 1 aliphatic carbocycles. The Kier molecular flexibility index (Phi) is 4.99. The fourth-order valence-electron chi connectivity index (χ4n) is 2.56. The first-order valence-electron chi connectivity index (χ1n) is 6.93. The molecule has 0 unspecified atom stereocenters. The van der Waals surface area contributed by atoms with E-state index in [2.05, 4.69) is 31.4 Å². The van der Waals surface area contributed by atoms with Gasteiger partial charge < -0.3 is 10.6 Å². The largest absolute Gasteiger partial charge is 0.351 e. The molecule has 0 spiro atoms. The van der Waals surface area contributed by atoms with Gasteiger partial charge in [-0.15, -0.1) is 0 Å². The molecule has 0 atom stereocenters. The van der Waals surface area contributed by atoms with Gasteiger partial charge in [-0.3, -0.25) is 4.79 Å². The summed E-state index contributed by atoms with van der Waals surface area (Å²) in [6.07, 6.45) is 7.63. The first-order chi connectivity index (χ1) is 7.93. The summed E-state index contributed by atoms with van der Waals surface area (Å²) >= 11 is 0. The van der Waals surface area contributed by atoms with Crippen molar-refractivity contribution in [3.05, 3.63) is 0 Å². The van der Waals surface area contributed by atoms with Gasteiger partial charge in [-0.1, -0.05) is 26.2 Å². The van der Waals surface area contributed by atoms with Gasteiger partial charge in [-0.25, -0.2) is 0 Å². The van der Waals surface area contributed by atoms with Crippen LogP contribution in [0.15, 0.2) is 0 Å². The Balaban J connectivity index is 2.53. The van der Waals surface area contributed by atoms with Crippen LogP contribution in [0.4, 0.5) is 0 Å². The van der Waals surface area contributed by atoms with Crippen LogP contribution in [0.2, 0.25) is 0 Å². The Bertz CT molecular complexity index is 255. The molecule has 0 aliphatic heterocycles. The van der Waals surface area contributed by atoms with E-state index in [1.54, 1.807) is 0 Å². The predicted octanol–water partition coefficient (Wildman–Crippen LogP) is 2.60. The van der Waals surface area contributed by atoms with Crippen molar-refractivity contribution >= 4 is 5.91 Å². The van der Waals surface area contributed by atoms with Crippen LogP contribution in [0.25, 0.3) is 0 Å². The first-order valence-corrected chi connectivity index (χ1v) is 6.93. The zero-order valence-electron chi connectivity index (χ0n) is 11.9. The molecular formula is C14H28N2O. The maximum atomic E-state index is 12.1. The van der Waals surface area contributed by atoms with E-state index in [-0.39, 0.29) is 17.0 Å². The number of nitrogens with one attached hydrogen (secondary N) is 2. The maximum absolute atomic E-state index is 12.1. The van der Waals surface area contributed by atoms with Crippen molar-refractivity contribution in [2.24, 2.45) is 0 Å². The Hall–Kier alpha value is -0.570. The van der Waals surface area contributed by atoms with Crippen molar-refractivity contribution < 1.29 is 4.79 Å². The topological polar surface area (TPSA) is 41.1 Å². The number of rotatable bonds is 5. The molecule has 1 rings (SSSR count). The van der Waals surface area contributed by atoms with Crippen molar-refractivity contribution in [3.63, 3.8) is 0 Å². The molecule has 2 N–H and O–H groups in total. The molecule has 0 saturated heterocycles. The van der Waals surface area contributed by atoms with Crippen LogP contribution in [-0.2, 0) is 4.79 Å². The number of carbonyl (C=O) groups excluding carboxylic acids is 1. The molecule has 0 aromatic heterocycles. The molecule has 1 aliphatic rings. The number of amides is 1. The quantitative estimate of drug-likeness (QED) is 0.775. The summed E-state index contributed by atoms with van der Waals surface area (Å²) < 4.78 is 0. The molecule has 0 aromatic rings. The lowest BCUT2D eigenvalue weighted by Crippen LogP contribution is -2.51. The molecule has 1 amide bonds. The van der Waals surface area contributed by atoms with Crippen molar-refractivity contribution in [1.82, 2.24) is 10.6 Å². The highest BCUT2D eigenvalue weighted by atomic mass is 16.1. The molecule has 100 valence electrons. The van der Waals surface area contributed by atoms with E-state index >= 15 is 0 Å². The molecule has 3 nitrogen and oxygen atoms in total. The summed E-state index contributed by atoms with van der Waals surface area (Å²) in [6, 6.07) is 0. The highest BCUT2D eigenvalue weighted by Gasteiger charge is 2.33. The number of carbonyl (C=O) groups is 1. The summed E-state index contributed by atoms with van der Waals surface area (Å²) in [5.74, 6) is 0.188. The second kappa shape index (κ2) is 5.85. The summed E-state index contributed by atoms with van der Waals surface area (Å²) in [5.41, 5.74) is -0.0349. The molecular weight excluding hydrogens is 212 g/mol. The van der Waals surface area contributed by atoms with E-state index in [4.69, 9.17) is 0 Å². The average molecular weight is 240 g/mol. The highest BCUT2D eigenvalue weighted by molar-refractivity contribution is 5.78. The van der Waals surface area contributed by atoms with E-state index < -0.39 is 0 Å². The van der Waals surface area contributed by atoms with Crippen LogP contribution >= 0.6 is 0 Å². The van der Waals surface area contributed by atoms with E-state index in [9.17, 15) is 4.79 Å². The van der Waals surface area contributed by atoms with Crippen molar-refractivity contribution in [2.75, 3.05) is 7.05 Å². The third-order valence-electron chi connectivity index (χ3n) is 4.20. The van der Waals surface area contributed by atoms with E-state index in [0.717, 1.165) is 19.3 Å². The van der Waals surface area contributed by atoms with Gasteiger partial charge >= 0.3 is 0 Å². The van der Waals surface area contributed by atoms with Crippen molar-refractivity contribution in [3.8, 4) is 0 Å². The first kappa shape index (κ1) is 14.5. The normalized spacial score (nSPS) is 20.0. The third kappa shape index (κ3) is 4.30. The van der Waals surface area contributed by atoms with E-state index in [1.807, 2.05) is 7.05 Å². The molecule has 3 heteroatoms. The maximum Gasteiger partial charge on any atom is 0.222 e. The van der Waals surface area contributed by atoms with E-state index in [1.165, 1.54) is 19.3 Å². The lowest BCUT2D eigenvalue weighted by Gasteiger charge is -2.37. The smallest absolute Gasteiger partial charge is 0.222 e. The van der Waals surface area contributed by atoms with Crippen LogP contribution in [0.1, 0.15) is 65.7 Å². The highest BCUT2D eigenvalue weighted by Crippen LogP contribution is 2.30. The Morgan fingerprint density at radius 3 is 2.29 bits per heavy atom. The van der Waals surface area contributed by atoms with Gasteiger partial charge in [0.2, 0.25) is 5.91 Å². The standard InChI is InChI=1S/C14H28N2O/c1-5-13(2,3)16-12(17)11-14(15-4)9-7-6-8-10-14/h15H,5-11H2,1-4H3,(H,16,17). The summed E-state index contributed by atoms with van der Waals surface area (Å²) in [4.78, 5) is 12.1. The molecule has 0 aromatic carbocycles. The SMILES string of the molecule is CCC(C)(C)NC(=O)CC1(NC)CCCCC1. The minimum Gasteiger partial charge on any atom is -0.351 e. The van der Waals surface area contributed by atoms with Gasteiger partial charge in [0.05, 0.1) is 0 Å². The second-order valence-electron chi connectivity index (χ2n) is 6.05.